The Labute approximate surface area is 146 Å². The van der Waals surface area contributed by atoms with Crippen LogP contribution >= 0.6 is 11.6 Å². The lowest BCUT2D eigenvalue weighted by molar-refractivity contribution is -0.117. The van der Waals surface area contributed by atoms with Gasteiger partial charge in [-0.3, -0.25) is 4.79 Å². The van der Waals surface area contributed by atoms with Crippen molar-refractivity contribution in [1.82, 2.24) is 4.72 Å². The number of halogens is 1. The molecule has 0 spiro atoms. The average Bonchev–Trinajstić information content (AvgIpc) is 2.96. The molecule has 0 saturated carbocycles. The van der Waals surface area contributed by atoms with Gasteiger partial charge >= 0.3 is 0 Å². The molecule has 1 aliphatic rings. The molecule has 7 heteroatoms. The fraction of sp³-hybridized carbons (Fsp3) is 0.235. The van der Waals surface area contributed by atoms with E-state index in [1.807, 2.05) is 0 Å². The van der Waals surface area contributed by atoms with Gasteiger partial charge in [-0.05, 0) is 42.3 Å². The zero-order valence-corrected chi connectivity index (χ0v) is 14.4. The molecule has 5 nitrogen and oxygen atoms in total. The molecule has 0 aliphatic carbocycles. The first kappa shape index (κ1) is 17.0. The zero-order chi connectivity index (χ0) is 17.2. The number of carbonyl (C=O) groups excluding carboxylic acids is 1. The highest BCUT2D eigenvalue weighted by Crippen LogP contribution is 2.26. The van der Waals surface area contributed by atoms with Crippen LogP contribution in [0.1, 0.15) is 6.42 Å². The molecule has 0 radical (unpaired) electrons. The van der Waals surface area contributed by atoms with E-state index in [2.05, 4.69) is 4.72 Å². The lowest BCUT2D eigenvalue weighted by atomic mass is 10.1. The van der Waals surface area contributed by atoms with Crippen molar-refractivity contribution in [2.24, 2.45) is 5.92 Å². The maximum absolute atomic E-state index is 12.2. The van der Waals surface area contributed by atoms with Crippen LogP contribution in [0.15, 0.2) is 59.5 Å². The Morgan fingerprint density at radius 1 is 1.08 bits per heavy atom. The summed E-state index contributed by atoms with van der Waals surface area (Å²) in [6.45, 7) is 0.713. The Balaban J connectivity index is 1.63. The molecule has 1 N–H and O–H groups in total. The van der Waals surface area contributed by atoms with Crippen LogP contribution in [-0.4, -0.2) is 27.4 Å². The van der Waals surface area contributed by atoms with Crippen LogP contribution in [0, 0.1) is 5.92 Å². The maximum Gasteiger partial charge on any atom is 0.240 e. The van der Waals surface area contributed by atoms with E-state index < -0.39 is 10.0 Å². The third kappa shape index (κ3) is 3.77. The fourth-order valence-corrected chi connectivity index (χ4v) is 3.96. The lowest BCUT2D eigenvalue weighted by Crippen LogP contribution is -2.31. The summed E-state index contributed by atoms with van der Waals surface area (Å²) >= 11 is 5.86. The Morgan fingerprint density at radius 3 is 2.42 bits per heavy atom. The fourth-order valence-electron chi connectivity index (χ4n) is 2.70. The van der Waals surface area contributed by atoms with Gasteiger partial charge in [0.25, 0.3) is 0 Å². The summed E-state index contributed by atoms with van der Waals surface area (Å²) in [5, 5.41) is 0.609. The number of anilines is 1. The summed E-state index contributed by atoms with van der Waals surface area (Å²) in [5.74, 6) is -0.0760. The molecule has 1 heterocycles. The molecular formula is C17H17ClN2O3S. The van der Waals surface area contributed by atoms with Gasteiger partial charge in [0.05, 0.1) is 4.90 Å². The molecule has 0 unspecified atom stereocenters. The molecule has 1 saturated heterocycles. The molecule has 1 aliphatic heterocycles. The van der Waals surface area contributed by atoms with Crippen LogP contribution < -0.4 is 9.62 Å². The first-order chi connectivity index (χ1) is 11.5. The highest BCUT2D eigenvalue weighted by molar-refractivity contribution is 7.89. The second-order valence-electron chi connectivity index (χ2n) is 5.72. The third-order valence-corrected chi connectivity index (χ3v) is 5.65. The standard InChI is InChI=1S/C17H17ClN2O3S/c18-14-6-8-15(9-7-14)20-12-13(10-17(20)21)11-19-24(22,23)16-4-2-1-3-5-16/h1-9,13,19H,10-12H2/t13-/m1/s1. The Kier molecular flexibility index (Phi) is 4.89. The number of rotatable bonds is 5. The minimum atomic E-state index is -3.55. The topological polar surface area (TPSA) is 66.5 Å². The van der Waals surface area contributed by atoms with Crippen molar-refractivity contribution in [1.29, 1.82) is 0 Å². The highest BCUT2D eigenvalue weighted by Gasteiger charge is 2.31. The van der Waals surface area contributed by atoms with Gasteiger partial charge in [-0.2, -0.15) is 0 Å². The van der Waals surface area contributed by atoms with E-state index in [1.165, 1.54) is 0 Å². The first-order valence-electron chi connectivity index (χ1n) is 7.56. The molecule has 0 aromatic heterocycles. The second-order valence-corrected chi connectivity index (χ2v) is 7.92. The van der Waals surface area contributed by atoms with Crippen LogP contribution in [0.3, 0.4) is 0 Å². The molecular weight excluding hydrogens is 348 g/mol. The number of nitrogens with zero attached hydrogens (tertiary/aromatic N) is 1. The number of hydrogen-bond donors (Lipinski definition) is 1. The van der Waals surface area contributed by atoms with E-state index in [0.29, 0.717) is 18.0 Å². The molecule has 1 atom stereocenters. The minimum Gasteiger partial charge on any atom is -0.312 e. The van der Waals surface area contributed by atoms with Crippen molar-refractivity contribution in [3.63, 3.8) is 0 Å². The van der Waals surface area contributed by atoms with Crippen LogP contribution in [-0.2, 0) is 14.8 Å². The summed E-state index contributed by atoms with van der Waals surface area (Å²) in [5.41, 5.74) is 0.776. The number of sulfonamides is 1. The van der Waals surface area contributed by atoms with Crippen molar-refractivity contribution in [2.75, 3.05) is 18.0 Å². The molecule has 24 heavy (non-hydrogen) atoms. The van der Waals surface area contributed by atoms with Crippen molar-refractivity contribution in [2.45, 2.75) is 11.3 Å². The van der Waals surface area contributed by atoms with Gasteiger partial charge in [-0.25, -0.2) is 13.1 Å². The average molecular weight is 365 g/mol. The van der Waals surface area contributed by atoms with E-state index in [0.717, 1.165) is 5.69 Å². The maximum atomic E-state index is 12.2. The lowest BCUT2D eigenvalue weighted by Gasteiger charge is -2.17. The highest BCUT2D eigenvalue weighted by atomic mass is 35.5. The Hall–Kier alpha value is -1.89. The predicted octanol–water partition coefficient (Wildman–Crippen LogP) is 2.67. The SMILES string of the molecule is O=C1C[C@H](CNS(=O)(=O)c2ccccc2)CN1c1ccc(Cl)cc1. The van der Waals surface area contributed by atoms with Gasteiger partial charge in [-0.1, -0.05) is 29.8 Å². The van der Waals surface area contributed by atoms with E-state index >= 15 is 0 Å². The second kappa shape index (κ2) is 6.93. The van der Waals surface area contributed by atoms with Crippen LogP contribution in [0.4, 0.5) is 5.69 Å². The van der Waals surface area contributed by atoms with Gasteiger partial charge in [0.15, 0.2) is 0 Å². The molecule has 2 aromatic carbocycles. The molecule has 0 bridgehead atoms. The molecule has 2 aromatic rings. The largest absolute Gasteiger partial charge is 0.312 e. The monoisotopic (exact) mass is 364 g/mol. The molecule has 1 fully saturated rings. The number of amides is 1. The molecule has 1 amide bonds. The van der Waals surface area contributed by atoms with Gasteiger partial charge in [-0.15, -0.1) is 0 Å². The van der Waals surface area contributed by atoms with Gasteiger partial charge in [0.2, 0.25) is 15.9 Å². The molecule has 3 rings (SSSR count). The third-order valence-electron chi connectivity index (χ3n) is 3.96. The zero-order valence-electron chi connectivity index (χ0n) is 12.9. The van der Waals surface area contributed by atoms with Crippen molar-refractivity contribution >= 4 is 33.2 Å². The van der Waals surface area contributed by atoms with E-state index in [1.54, 1.807) is 59.5 Å². The summed E-state index contributed by atoms with van der Waals surface area (Å²) in [7, 11) is -3.55. The number of carbonyl (C=O) groups is 1. The summed E-state index contributed by atoms with van der Waals surface area (Å²) in [6, 6.07) is 15.2. The normalized spacial score (nSPS) is 18.1. The van der Waals surface area contributed by atoms with E-state index in [9.17, 15) is 13.2 Å². The summed E-state index contributed by atoms with van der Waals surface area (Å²) in [4.78, 5) is 14.1. The van der Waals surface area contributed by atoms with E-state index in [4.69, 9.17) is 11.6 Å². The molecule has 126 valence electrons. The van der Waals surface area contributed by atoms with Gasteiger partial charge in [0, 0.05) is 30.2 Å². The van der Waals surface area contributed by atoms with Crippen LogP contribution in [0.5, 0.6) is 0 Å². The van der Waals surface area contributed by atoms with E-state index in [-0.39, 0.29) is 23.3 Å². The van der Waals surface area contributed by atoms with Crippen LogP contribution in [0.2, 0.25) is 5.02 Å². The minimum absolute atomic E-state index is 0.0127. The van der Waals surface area contributed by atoms with Gasteiger partial charge < -0.3 is 4.90 Å². The smallest absolute Gasteiger partial charge is 0.240 e. The first-order valence-corrected chi connectivity index (χ1v) is 9.42. The number of benzene rings is 2. The predicted molar refractivity (Wildman–Crippen MR) is 93.5 cm³/mol. The number of hydrogen-bond acceptors (Lipinski definition) is 3. The van der Waals surface area contributed by atoms with Crippen molar-refractivity contribution < 1.29 is 13.2 Å². The van der Waals surface area contributed by atoms with Crippen molar-refractivity contribution in [3.05, 3.63) is 59.6 Å². The Bertz CT molecular complexity index is 823. The van der Waals surface area contributed by atoms with Gasteiger partial charge in [0.1, 0.15) is 0 Å². The van der Waals surface area contributed by atoms with Crippen molar-refractivity contribution in [3.8, 4) is 0 Å². The quantitative estimate of drug-likeness (QED) is 0.887. The Morgan fingerprint density at radius 2 is 1.75 bits per heavy atom. The number of nitrogens with one attached hydrogen (secondary N) is 1. The van der Waals surface area contributed by atoms with Crippen LogP contribution in [0.25, 0.3) is 0 Å². The summed E-state index contributed by atoms with van der Waals surface area (Å²) < 4.78 is 27.1. The summed E-state index contributed by atoms with van der Waals surface area (Å²) in [6.07, 6.45) is 0.319.